The van der Waals surface area contributed by atoms with Gasteiger partial charge in [-0.1, -0.05) is 18.0 Å². The lowest BCUT2D eigenvalue weighted by Crippen LogP contribution is -2.59. The van der Waals surface area contributed by atoms with Crippen molar-refractivity contribution in [1.82, 2.24) is 20.1 Å². The molecule has 0 bridgehead atoms. The van der Waals surface area contributed by atoms with Crippen LogP contribution >= 0.6 is 0 Å². The fraction of sp³-hybridized carbons (Fsp3) is 0.765. The minimum atomic E-state index is -3.89. The molecule has 9 heteroatoms. The molecule has 3 rings (SSSR count). The van der Waals surface area contributed by atoms with E-state index in [1.54, 1.807) is 13.8 Å². The summed E-state index contributed by atoms with van der Waals surface area (Å²) in [5.41, 5.74) is -0.744. The van der Waals surface area contributed by atoms with Gasteiger partial charge in [0, 0.05) is 19.1 Å². The Hall–Kier alpha value is -1.45. The van der Waals surface area contributed by atoms with Gasteiger partial charge in [0.15, 0.2) is 5.76 Å². The smallest absolute Gasteiger partial charge is 0.246 e. The van der Waals surface area contributed by atoms with Gasteiger partial charge in [-0.15, -0.1) is 0 Å². The first-order chi connectivity index (χ1) is 12.3. The van der Waals surface area contributed by atoms with Crippen molar-refractivity contribution in [2.45, 2.75) is 68.8 Å². The van der Waals surface area contributed by atoms with Crippen molar-refractivity contribution in [1.29, 1.82) is 0 Å². The molecule has 0 spiro atoms. The summed E-state index contributed by atoms with van der Waals surface area (Å²) in [6.07, 6.45) is 4.50. The fourth-order valence-electron chi connectivity index (χ4n) is 4.18. The van der Waals surface area contributed by atoms with E-state index in [2.05, 4.69) is 15.2 Å². The highest BCUT2D eigenvalue weighted by Gasteiger charge is 2.47. The number of piperidine rings is 1. The molecular weight excluding hydrogens is 356 g/mol. The number of nitrogens with one attached hydrogen (secondary N) is 2. The summed E-state index contributed by atoms with van der Waals surface area (Å²) in [5, 5.41) is 6.98. The van der Waals surface area contributed by atoms with Crippen molar-refractivity contribution < 1.29 is 17.7 Å². The van der Waals surface area contributed by atoms with Crippen molar-refractivity contribution in [3.63, 3.8) is 0 Å². The summed E-state index contributed by atoms with van der Waals surface area (Å²) >= 11 is 0. The number of aryl methyl sites for hydroxylation is 2. The van der Waals surface area contributed by atoms with Crippen LogP contribution in [-0.4, -0.2) is 56.1 Å². The Morgan fingerprint density at radius 2 is 1.85 bits per heavy atom. The summed E-state index contributed by atoms with van der Waals surface area (Å²) in [6, 6.07) is 0.414. The minimum Gasteiger partial charge on any atom is -0.360 e. The topological polar surface area (TPSA) is 105 Å². The molecule has 0 atom stereocenters. The Balaban J connectivity index is 1.83. The molecule has 1 aromatic heterocycles. The molecule has 1 aromatic rings. The van der Waals surface area contributed by atoms with Gasteiger partial charge < -0.3 is 14.7 Å². The second kappa shape index (κ2) is 7.28. The zero-order chi connectivity index (χ0) is 18.9. The molecule has 0 radical (unpaired) electrons. The average Bonchev–Trinajstić information content (AvgIpc) is 3.21. The molecule has 1 amide bonds. The molecule has 2 fully saturated rings. The maximum atomic E-state index is 13.3. The lowest BCUT2D eigenvalue weighted by atomic mass is 9.95. The third kappa shape index (κ3) is 3.52. The lowest BCUT2D eigenvalue weighted by Gasteiger charge is -2.38. The maximum absolute atomic E-state index is 13.3. The van der Waals surface area contributed by atoms with Crippen LogP contribution in [-0.2, 0) is 14.8 Å². The van der Waals surface area contributed by atoms with Gasteiger partial charge in [-0.2, -0.15) is 4.72 Å². The predicted octanol–water partition coefficient (Wildman–Crippen LogP) is 1.09. The van der Waals surface area contributed by atoms with E-state index in [4.69, 9.17) is 4.52 Å². The molecule has 1 saturated heterocycles. The number of nitrogens with zero attached hydrogens (tertiary/aromatic N) is 2. The molecule has 1 aliphatic carbocycles. The van der Waals surface area contributed by atoms with Gasteiger partial charge in [0.2, 0.25) is 15.9 Å². The van der Waals surface area contributed by atoms with Gasteiger partial charge in [0.1, 0.15) is 16.1 Å². The summed E-state index contributed by atoms with van der Waals surface area (Å²) in [7, 11) is -1.96. The molecule has 1 saturated carbocycles. The van der Waals surface area contributed by atoms with Gasteiger partial charge in [0.25, 0.3) is 0 Å². The third-order valence-corrected chi connectivity index (χ3v) is 7.40. The number of rotatable bonds is 5. The summed E-state index contributed by atoms with van der Waals surface area (Å²) in [6.45, 7) is 4.47. The van der Waals surface area contributed by atoms with Gasteiger partial charge >= 0.3 is 0 Å². The van der Waals surface area contributed by atoms with Gasteiger partial charge in [0.05, 0.1) is 0 Å². The van der Waals surface area contributed by atoms with E-state index in [1.807, 2.05) is 11.9 Å². The molecule has 0 aromatic carbocycles. The van der Waals surface area contributed by atoms with Crippen LogP contribution in [0.5, 0.6) is 0 Å². The van der Waals surface area contributed by atoms with Crippen molar-refractivity contribution in [3.05, 3.63) is 11.5 Å². The third-order valence-electron chi connectivity index (χ3n) is 5.62. The van der Waals surface area contributed by atoms with Crippen molar-refractivity contribution in [3.8, 4) is 0 Å². The van der Waals surface area contributed by atoms with E-state index >= 15 is 0 Å². The molecule has 2 aliphatic rings. The van der Waals surface area contributed by atoms with Crippen LogP contribution in [0.15, 0.2) is 9.42 Å². The van der Waals surface area contributed by atoms with Crippen LogP contribution in [0.3, 0.4) is 0 Å². The van der Waals surface area contributed by atoms with Gasteiger partial charge in [-0.25, -0.2) is 8.42 Å². The van der Waals surface area contributed by atoms with Crippen LogP contribution in [0, 0.1) is 13.8 Å². The number of carbonyl (C=O) groups is 1. The van der Waals surface area contributed by atoms with E-state index in [0.29, 0.717) is 37.7 Å². The largest absolute Gasteiger partial charge is 0.360 e. The number of hydrogen-bond donors (Lipinski definition) is 2. The fourth-order valence-corrected chi connectivity index (χ4v) is 5.93. The van der Waals surface area contributed by atoms with Crippen LogP contribution in [0.1, 0.15) is 50.0 Å². The molecule has 2 heterocycles. The number of amides is 1. The molecule has 1 aliphatic heterocycles. The normalized spacial score (nSPS) is 21.3. The highest BCUT2D eigenvalue weighted by Crippen LogP contribution is 2.34. The molecule has 0 unspecified atom stereocenters. The highest BCUT2D eigenvalue weighted by molar-refractivity contribution is 7.89. The monoisotopic (exact) mass is 384 g/mol. The second-order valence-electron chi connectivity index (χ2n) is 7.40. The van der Waals surface area contributed by atoms with E-state index < -0.39 is 15.6 Å². The zero-order valence-electron chi connectivity index (χ0n) is 15.7. The van der Waals surface area contributed by atoms with E-state index in [0.717, 1.165) is 25.7 Å². The Bertz CT molecular complexity index is 740. The van der Waals surface area contributed by atoms with Crippen LogP contribution in [0.25, 0.3) is 0 Å². The molecule has 26 heavy (non-hydrogen) atoms. The number of hydrogen-bond acceptors (Lipinski definition) is 6. The Labute approximate surface area is 154 Å². The first-order valence-corrected chi connectivity index (χ1v) is 10.7. The SMILES string of the molecule is CNC1CCN(C(=O)C2(NS(=O)(=O)c3c(C)noc3C)CCCC2)CC1. The average molecular weight is 385 g/mol. The van der Waals surface area contributed by atoms with Crippen molar-refractivity contribution in [2.75, 3.05) is 20.1 Å². The quantitative estimate of drug-likeness (QED) is 0.788. The first kappa shape index (κ1) is 19.3. The van der Waals surface area contributed by atoms with Crippen LogP contribution in [0.2, 0.25) is 0 Å². The van der Waals surface area contributed by atoms with Crippen LogP contribution in [0.4, 0.5) is 0 Å². The Morgan fingerprint density at radius 3 is 2.35 bits per heavy atom. The Morgan fingerprint density at radius 1 is 1.23 bits per heavy atom. The summed E-state index contributed by atoms with van der Waals surface area (Å²) < 4.78 is 33.7. The van der Waals surface area contributed by atoms with Crippen molar-refractivity contribution >= 4 is 15.9 Å². The van der Waals surface area contributed by atoms with E-state index in [1.165, 1.54) is 0 Å². The standard InChI is InChI=1S/C17H28N4O4S/c1-12-15(13(2)25-19-12)26(23,24)20-17(8-4-5-9-17)16(22)21-10-6-14(18-3)7-11-21/h14,18,20H,4-11H2,1-3H3. The van der Waals surface area contributed by atoms with Gasteiger partial charge in [-0.3, -0.25) is 4.79 Å². The lowest BCUT2D eigenvalue weighted by molar-refractivity contribution is -0.138. The number of carbonyl (C=O) groups excluding carboxylic acids is 1. The van der Waals surface area contributed by atoms with Gasteiger partial charge in [-0.05, 0) is 46.6 Å². The molecule has 146 valence electrons. The summed E-state index contributed by atoms with van der Waals surface area (Å²) in [5.74, 6) is 0.144. The molecule has 2 N–H and O–H groups in total. The number of sulfonamides is 1. The zero-order valence-corrected chi connectivity index (χ0v) is 16.5. The number of aromatic nitrogens is 1. The predicted molar refractivity (Wildman–Crippen MR) is 96.2 cm³/mol. The minimum absolute atomic E-state index is 0.0467. The first-order valence-electron chi connectivity index (χ1n) is 9.22. The highest BCUT2D eigenvalue weighted by atomic mass is 32.2. The van der Waals surface area contributed by atoms with Crippen LogP contribution < -0.4 is 10.0 Å². The van der Waals surface area contributed by atoms with Crippen molar-refractivity contribution in [2.24, 2.45) is 0 Å². The van der Waals surface area contributed by atoms with E-state index in [-0.39, 0.29) is 16.6 Å². The maximum Gasteiger partial charge on any atom is 0.246 e. The van der Waals surface area contributed by atoms with E-state index in [9.17, 15) is 13.2 Å². The second-order valence-corrected chi connectivity index (χ2v) is 9.02. The molecular formula is C17H28N4O4S. The molecule has 8 nitrogen and oxygen atoms in total. The summed E-state index contributed by atoms with van der Waals surface area (Å²) in [4.78, 5) is 15.1. The number of likely N-dealkylation sites (tertiary alicyclic amines) is 1. The Kier molecular flexibility index (Phi) is 5.41.